The molecule has 2 aliphatic heterocycles. The van der Waals surface area contributed by atoms with E-state index in [1.807, 2.05) is 0 Å². The number of hydrogen-bond acceptors (Lipinski definition) is 8. The van der Waals surface area contributed by atoms with Crippen LogP contribution in [0.1, 0.15) is 0 Å². The first-order valence-electron chi connectivity index (χ1n) is 8.89. The molecule has 0 atom stereocenters. The lowest BCUT2D eigenvalue weighted by Crippen LogP contribution is -2.44. The van der Waals surface area contributed by atoms with Crippen LogP contribution in [-0.2, 0) is 4.79 Å². The van der Waals surface area contributed by atoms with Gasteiger partial charge < -0.3 is 29.7 Å². The van der Waals surface area contributed by atoms with Gasteiger partial charge in [-0.25, -0.2) is 9.97 Å². The Bertz CT molecular complexity index is 810. The molecular formula is C18H21N5O4. The van der Waals surface area contributed by atoms with Crippen molar-refractivity contribution >= 4 is 17.4 Å². The van der Waals surface area contributed by atoms with Gasteiger partial charge in [-0.05, 0) is 12.1 Å². The molecule has 2 aliphatic rings. The Morgan fingerprint density at radius 2 is 1.93 bits per heavy atom. The maximum absolute atomic E-state index is 11.4. The van der Waals surface area contributed by atoms with Crippen molar-refractivity contribution in [1.82, 2.24) is 15.3 Å². The van der Waals surface area contributed by atoms with Gasteiger partial charge in [0.2, 0.25) is 0 Å². The van der Waals surface area contributed by atoms with Gasteiger partial charge in [0.25, 0.3) is 11.8 Å². The van der Waals surface area contributed by atoms with Gasteiger partial charge in [0.1, 0.15) is 13.2 Å². The second-order valence-electron chi connectivity index (χ2n) is 6.09. The first-order valence-corrected chi connectivity index (χ1v) is 8.89. The zero-order valence-electron chi connectivity index (χ0n) is 14.8. The lowest BCUT2D eigenvalue weighted by Gasteiger charge is -2.29. The molecule has 1 aromatic heterocycles. The summed E-state index contributed by atoms with van der Waals surface area (Å²) < 4.78 is 17.0. The standard InChI is InChI=1S/C18H21N5O4/c24-15-12-27-16-13(22-15)2-1-3-14(16)25-10-11-26-18-17(20-4-5-21-18)23-8-6-19-7-9-23/h1-5,19H,6-12H2,(H,22,24). The van der Waals surface area contributed by atoms with Crippen LogP contribution in [0.5, 0.6) is 17.4 Å². The summed E-state index contributed by atoms with van der Waals surface area (Å²) in [7, 11) is 0. The van der Waals surface area contributed by atoms with Crippen molar-refractivity contribution in [3.05, 3.63) is 30.6 Å². The van der Waals surface area contributed by atoms with E-state index in [0.29, 0.717) is 36.3 Å². The van der Waals surface area contributed by atoms with Gasteiger partial charge in [-0.15, -0.1) is 0 Å². The average Bonchev–Trinajstić information content (AvgIpc) is 2.72. The summed E-state index contributed by atoms with van der Waals surface area (Å²) in [4.78, 5) is 22.3. The molecule has 9 nitrogen and oxygen atoms in total. The van der Waals surface area contributed by atoms with Gasteiger partial charge >= 0.3 is 0 Å². The highest BCUT2D eigenvalue weighted by Crippen LogP contribution is 2.37. The molecule has 0 aliphatic carbocycles. The Morgan fingerprint density at radius 1 is 1.11 bits per heavy atom. The van der Waals surface area contributed by atoms with E-state index >= 15 is 0 Å². The number of piperazine rings is 1. The number of hydrogen-bond donors (Lipinski definition) is 2. The Balaban J connectivity index is 1.35. The van der Waals surface area contributed by atoms with Crippen LogP contribution in [0.4, 0.5) is 11.5 Å². The zero-order valence-corrected chi connectivity index (χ0v) is 14.8. The van der Waals surface area contributed by atoms with Crippen LogP contribution in [-0.4, -0.2) is 61.9 Å². The van der Waals surface area contributed by atoms with Gasteiger partial charge in [-0.3, -0.25) is 4.79 Å². The monoisotopic (exact) mass is 371 g/mol. The van der Waals surface area contributed by atoms with E-state index in [2.05, 4.69) is 25.5 Å². The van der Waals surface area contributed by atoms with E-state index in [1.54, 1.807) is 30.6 Å². The van der Waals surface area contributed by atoms with E-state index in [0.717, 1.165) is 32.0 Å². The topological polar surface area (TPSA) is 97.8 Å². The molecule has 142 valence electrons. The van der Waals surface area contributed by atoms with Crippen molar-refractivity contribution in [3.63, 3.8) is 0 Å². The minimum Gasteiger partial charge on any atom is -0.486 e. The number of nitrogens with one attached hydrogen (secondary N) is 2. The van der Waals surface area contributed by atoms with Crippen molar-refractivity contribution in [2.45, 2.75) is 0 Å². The molecule has 3 heterocycles. The van der Waals surface area contributed by atoms with Crippen LogP contribution in [0.3, 0.4) is 0 Å². The normalized spacial score (nSPS) is 16.1. The number of aromatic nitrogens is 2. The first kappa shape index (κ1) is 17.3. The number of para-hydroxylation sites is 1. The van der Waals surface area contributed by atoms with Crippen molar-refractivity contribution in [2.75, 3.05) is 56.2 Å². The SMILES string of the molecule is O=C1COc2c(cccc2OCCOc2nccnc2N2CCNCC2)N1. The highest BCUT2D eigenvalue weighted by molar-refractivity contribution is 5.96. The Hall–Kier alpha value is -3.07. The third-order valence-corrected chi connectivity index (χ3v) is 4.24. The lowest BCUT2D eigenvalue weighted by molar-refractivity contribution is -0.118. The quantitative estimate of drug-likeness (QED) is 0.716. The summed E-state index contributed by atoms with van der Waals surface area (Å²) in [5, 5.41) is 6.07. The lowest BCUT2D eigenvalue weighted by atomic mass is 10.2. The molecule has 9 heteroatoms. The number of amides is 1. The van der Waals surface area contributed by atoms with Crippen LogP contribution in [0, 0.1) is 0 Å². The number of ether oxygens (including phenoxy) is 3. The Morgan fingerprint density at radius 3 is 2.81 bits per heavy atom. The second-order valence-corrected chi connectivity index (χ2v) is 6.09. The third-order valence-electron chi connectivity index (χ3n) is 4.24. The van der Waals surface area contributed by atoms with E-state index in [4.69, 9.17) is 14.2 Å². The highest BCUT2D eigenvalue weighted by atomic mass is 16.5. The molecule has 1 amide bonds. The molecule has 1 saturated heterocycles. The zero-order chi connectivity index (χ0) is 18.5. The largest absolute Gasteiger partial charge is 0.486 e. The predicted octanol–water partition coefficient (Wildman–Crippen LogP) is 0.675. The molecule has 2 N–H and O–H groups in total. The van der Waals surface area contributed by atoms with Crippen molar-refractivity contribution < 1.29 is 19.0 Å². The highest BCUT2D eigenvalue weighted by Gasteiger charge is 2.20. The molecule has 4 rings (SSSR count). The van der Waals surface area contributed by atoms with Crippen LogP contribution in [0.25, 0.3) is 0 Å². The second kappa shape index (κ2) is 8.09. The minimum absolute atomic E-state index is 0.0163. The van der Waals surface area contributed by atoms with E-state index in [1.165, 1.54) is 0 Å². The smallest absolute Gasteiger partial charge is 0.262 e. The van der Waals surface area contributed by atoms with Crippen LogP contribution in [0.15, 0.2) is 30.6 Å². The molecule has 1 aromatic carbocycles. The number of fused-ring (bicyclic) bond motifs is 1. The summed E-state index contributed by atoms with van der Waals surface area (Å²) in [6, 6.07) is 5.37. The number of benzene rings is 1. The number of anilines is 2. The van der Waals surface area contributed by atoms with Crippen LogP contribution >= 0.6 is 0 Å². The predicted molar refractivity (Wildman–Crippen MR) is 98.7 cm³/mol. The molecule has 0 radical (unpaired) electrons. The van der Waals surface area contributed by atoms with E-state index < -0.39 is 0 Å². The van der Waals surface area contributed by atoms with Crippen molar-refractivity contribution in [3.8, 4) is 17.4 Å². The van der Waals surface area contributed by atoms with Gasteiger partial charge in [0.05, 0.1) is 5.69 Å². The Kier molecular flexibility index (Phi) is 5.20. The third kappa shape index (κ3) is 4.03. The molecule has 0 unspecified atom stereocenters. The number of nitrogens with zero attached hydrogens (tertiary/aromatic N) is 3. The van der Waals surface area contributed by atoms with Gasteiger partial charge in [-0.2, -0.15) is 0 Å². The molecule has 0 bridgehead atoms. The maximum Gasteiger partial charge on any atom is 0.262 e. The average molecular weight is 371 g/mol. The fourth-order valence-electron chi connectivity index (χ4n) is 3.00. The Labute approximate surface area is 156 Å². The first-order chi connectivity index (χ1) is 13.3. The number of carbonyl (C=O) groups excluding carboxylic acids is 1. The summed E-state index contributed by atoms with van der Waals surface area (Å²) in [5.74, 6) is 2.19. The van der Waals surface area contributed by atoms with Crippen LogP contribution < -0.4 is 29.7 Å². The number of rotatable bonds is 6. The summed E-state index contributed by atoms with van der Waals surface area (Å²) in [6.45, 7) is 4.16. The molecule has 0 spiro atoms. The van der Waals surface area contributed by atoms with Crippen molar-refractivity contribution in [2.24, 2.45) is 0 Å². The van der Waals surface area contributed by atoms with Crippen LogP contribution in [0.2, 0.25) is 0 Å². The molecule has 0 saturated carbocycles. The van der Waals surface area contributed by atoms with Crippen molar-refractivity contribution in [1.29, 1.82) is 0 Å². The number of carbonyl (C=O) groups is 1. The fourth-order valence-corrected chi connectivity index (χ4v) is 3.00. The molecule has 2 aromatic rings. The molecule has 1 fully saturated rings. The van der Waals surface area contributed by atoms with Gasteiger partial charge in [0.15, 0.2) is 23.9 Å². The summed E-state index contributed by atoms with van der Waals surface area (Å²) >= 11 is 0. The fraction of sp³-hybridized carbons (Fsp3) is 0.389. The van der Waals surface area contributed by atoms with E-state index in [9.17, 15) is 4.79 Å². The van der Waals surface area contributed by atoms with E-state index in [-0.39, 0.29) is 12.5 Å². The minimum atomic E-state index is -0.175. The molecular weight excluding hydrogens is 350 g/mol. The van der Waals surface area contributed by atoms with Gasteiger partial charge in [0, 0.05) is 38.6 Å². The molecule has 27 heavy (non-hydrogen) atoms. The maximum atomic E-state index is 11.4. The van der Waals surface area contributed by atoms with Gasteiger partial charge in [-0.1, -0.05) is 6.07 Å². The summed E-state index contributed by atoms with van der Waals surface area (Å²) in [5.41, 5.74) is 0.611. The summed E-state index contributed by atoms with van der Waals surface area (Å²) in [6.07, 6.45) is 3.29.